The number of rotatable bonds is 4. The van der Waals surface area contributed by atoms with Crippen molar-refractivity contribution in [3.8, 4) is 0 Å². The Labute approximate surface area is 126 Å². The maximum absolute atomic E-state index is 8.74. The minimum absolute atomic E-state index is 0. The molecule has 111 valence electrons. The molecule has 1 heterocycles. The van der Waals surface area contributed by atoms with Crippen molar-refractivity contribution in [3.63, 3.8) is 0 Å². The quantitative estimate of drug-likeness (QED) is 0.345. The van der Waals surface area contributed by atoms with E-state index in [-0.39, 0.29) is 22.4 Å². The van der Waals surface area contributed by atoms with Gasteiger partial charge in [0.1, 0.15) is 0 Å². The van der Waals surface area contributed by atoms with Crippen LogP contribution in [0.3, 0.4) is 0 Å². The van der Waals surface area contributed by atoms with Gasteiger partial charge in [-0.3, -0.25) is 0 Å². The fourth-order valence-electron chi connectivity index (χ4n) is 2.14. The summed E-state index contributed by atoms with van der Waals surface area (Å²) in [5.74, 6) is 0. The maximum Gasteiger partial charge on any atom is 0.291 e. The van der Waals surface area contributed by atoms with Crippen LogP contribution in [-0.4, -0.2) is 30.1 Å². The fraction of sp³-hybridized carbons (Fsp3) is 0.818. The Hall–Kier alpha value is 0.117. The van der Waals surface area contributed by atoms with Gasteiger partial charge in [0.05, 0.1) is 8.07 Å². The zero-order valence-electron chi connectivity index (χ0n) is 10.8. The van der Waals surface area contributed by atoms with Gasteiger partial charge in [-0.2, -0.15) is 0 Å². The average Bonchev–Trinajstić information content (AvgIpc) is 2.43. The number of hydrogen-bond acceptors (Lipinski definition) is 3. The van der Waals surface area contributed by atoms with Gasteiger partial charge in [-0.25, -0.2) is 0 Å². The van der Waals surface area contributed by atoms with Crippen LogP contribution in [0.4, 0.5) is 0 Å². The molecule has 7 heteroatoms. The molecule has 0 unspecified atom stereocenters. The van der Waals surface area contributed by atoms with Gasteiger partial charge in [0.2, 0.25) is 0 Å². The van der Waals surface area contributed by atoms with Crippen molar-refractivity contribution in [1.29, 1.82) is 0 Å². The number of aliphatic hydroxyl groups is 1. The molecule has 0 spiro atoms. The summed E-state index contributed by atoms with van der Waals surface area (Å²) in [4.78, 5) is 8.36. The first-order chi connectivity index (χ1) is 8.00. The molecule has 0 amide bonds. The van der Waals surface area contributed by atoms with E-state index in [4.69, 9.17) is 20.4 Å². The molecule has 1 fully saturated rings. The standard InChI is InChI=1S/C11H22OSi.Ag.HNO3/c1-13(11-7-4-8-12)9-5-2-3-6-10-13;;2-1(3)4/h2-3,12H,4-11H2,1H3;;(H,2,3,4). The predicted octanol–water partition coefficient (Wildman–Crippen LogP) is 2.69. The first-order valence-electron chi connectivity index (χ1n) is 6.09. The second-order valence-corrected chi connectivity index (χ2v) is 9.90. The zero-order valence-corrected chi connectivity index (χ0v) is 13.3. The fourth-order valence-corrected chi connectivity index (χ4v) is 5.72. The summed E-state index contributed by atoms with van der Waals surface area (Å²) >= 11 is 0. The topological polar surface area (TPSA) is 83.6 Å². The van der Waals surface area contributed by atoms with Gasteiger partial charge in [-0.05, 0) is 19.3 Å². The molecular formula is C11H23AgNO4Si. The van der Waals surface area contributed by atoms with Gasteiger partial charge in [0.25, 0.3) is 5.09 Å². The minimum atomic E-state index is -1.50. The maximum atomic E-state index is 8.74. The monoisotopic (exact) mass is 368 g/mol. The van der Waals surface area contributed by atoms with E-state index in [1.165, 1.54) is 37.4 Å². The first kappa shape index (κ1) is 20.4. The Balaban J connectivity index is 0. The van der Waals surface area contributed by atoms with Gasteiger partial charge in [-0.1, -0.05) is 43.9 Å². The van der Waals surface area contributed by atoms with E-state index < -0.39 is 13.2 Å². The molecule has 1 aliphatic heterocycles. The van der Waals surface area contributed by atoms with E-state index in [1.54, 1.807) is 0 Å². The third kappa shape index (κ3) is 12.6. The Morgan fingerprint density at radius 2 is 1.72 bits per heavy atom. The number of unbranched alkanes of at least 4 members (excludes halogenated alkanes) is 1. The van der Waals surface area contributed by atoms with E-state index in [1.807, 2.05) is 0 Å². The Morgan fingerprint density at radius 3 is 2.11 bits per heavy atom. The second-order valence-electron chi connectivity index (χ2n) is 4.78. The SMILES string of the molecule is C[Si]1(CCCCO)CC[CH][CH]CC1.O=[N+]([O-])O.[Ag]. The minimum Gasteiger partial charge on any atom is -0.396 e. The van der Waals surface area contributed by atoms with Gasteiger partial charge >= 0.3 is 0 Å². The van der Waals surface area contributed by atoms with Gasteiger partial charge < -0.3 is 10.3 Å². The summed E-state index contributed by atoms with van der Waals surface area (Å²) < 4.78 is 0. The molecule has 2 N–H and O–H groups in total. The van der Waals surface area contributed by atoms with Crippen molar-refractivity contribution in [3.05, 3.63) is 23.0 Å². The Bertz CT molecular complexity index is 207. The molecular weight excluding hydrogens is 346 g/mol. The summed E-state index contributed by atoms with van der Waals surface area (Å²) in [7, 11) is -0.898. The van der Waals surface area contributed by atoms with Crippen LogP contribution in [0.5, 0.6) is 0 Å². The third-order valence-corrected chi connectivity index (χ3v) is 7.74. The van der Waals surface area contributed by atoms with Crippen molar-refractivity contribution in [2.24, 2.45) is 0 Å². The van der Waals surface area contributed by atoms with Crippen molar-refractivity contribution >= 4 is 8.07 Å². The molecule has 1 aliphatic rings. The molecule has 0 atom stereocenters. The van der Waals surface area contributed by atoms with Crippen LogP contribution < -0.4 is 0 Å². The van der Waals surface area contributed by atoms with E-state index >= 15 is 0 Å². The molecule has 3 radical (unpaired) electrons. The second kappa shape index (κ2) is 12.2. The molecule has 18 heavy (non-hydrogen) atoms. The third-order valence-electron chi connectivity index (χ3n) is 3.18. The molecule has 5 nitrogen and oxygen atoms in total. The Kier molecular flexibility index (Phi) is 13.8. The zero-order chi connectivity index (χ0) is 13.1. The van der Waals surface area contributed by atoms with Crippen molar-refractivity contribution < 1.29 is 37.8 Å². The van der Waals surface area contributed by atoms with Gasteiger partial charge in [-0.15, -0.1) is 10.1 Å². The number of nitrogens with zero attached hydrogens (tertiary/aromatic N) is 1. The van der Waals surface area contributed by atoms with Crippen LogP contribution >= 0.6 is 0 Å². The normalized spacial score (nSPS) is 17.7. The van der Waals surface area contributed by atoms with Crippen LogP contribution in [-0.2, 0) is 22.4 Å². The van der Waals surface area contributed by atoms with Crippen LogP contribution in [0, 0.1) is 23.0 Å². The number of hydrogen-bond donors (Lipinski definition) is 2. The average molecular weight is 369 g/mol. The van der Waals surface area contributed by atoms with Crippen LogP contribution in [0.25, 0.3) is 0 Å². The van der Waals surface area contributed by atoms with Crippen LogP contribution in [0.2, 0.25) is 24.7 Å². The van der Waals surface area contributed by atoms with Gasteiger partial charge in [0.15, 0.2) is 0 Å². The molecule has 0 aromatic heterocycles. The number of aliphatic hydroxyl groups excluding tert-OH is 1. The Morgan fingerprint density at radius 1 is 1.28 bits per heavy atom. The van der Waals surface area contributed by atoms with Crippen molar-refractivity contribution in [2.75, 3.05) is 6.61 Å². The summed E-state index contributed by atoms with van der Waals surface area (Å²) in [5, 5.41) is 22.4. The van der Waals surface area contributed by atoms with E-state index in [9.17, 15) is 0 Å². The first-order valence-corrected chi connectivity index (χ1v) is 9.21. The van der Waals surface area contributed by atoms with Crippen LogP contribution in [0.15, 0.2) is 0 Å². The molecule has 1 rings (SSSR count). The molecule has 0 bridgehead atoms. The van der Waals surface area contributed by atoms with Gasteiger partial charge in [0, 0.05) is 29.0 Å². The molecule has 0 aliphatic carbocycles. The summed E-state index contributed by atoms with van der Waals surface area (Å²) in [6.07, 6.45) is 9.58. The van der Waals surface area contributed by atoms with Crippen molar-refractivity contribution in [1.82, 2.24) is 0 Å². The van der Waals surface area contributed by atoms with Crippen LogP contribution in [0.1, 0.15) is 25.7 Å². The van der Waals surface area contributed by atoms with E-state index in [0.29, 0.717) is 6.61 Å². The molecule has 0 aromatic rings. The smallest absolute Gasteiger partial charge is 0.291 e. The van der Waals surface area contributed by atoms with Crippen molar-refractivity contribution in [2.45, 2.75) is 50.4 Å². The van der Waals surface area contributed by atoms with E-state index in [2.05, 4.69) is 19.4 Å². The summed E-state index contributed by atoms with van der Waals surface area (Å²) in [6, 6.07) is 4.36. The molecule has 1 saturated heterocycles. The van der Waals surface area contributed by atoms with E-state index in [0.717, 1.165) is 6.42 Å². The summed E-state index contributed by atoms with van der Waals surface area (Å²) in [6.45, 7) is 2.92. The summed E-state index contributed by atoms with van der Waals surface area (Å²) in [5.41, 5.74) is 0. The largest absolute Gasteiger partial charge is 0.396 e. The molecule has 0 saturated carbocycles. The molecule has 0 aromatic carbocycles. The predicted molar refractivity (Wildman–Crippen MR) is 69.0 cm³/mol.